The molecule has 0 fully saturated rings. The van der Waals surface area contributed by atoms with E-state index in [2.05, 4.69) is 11.2 Å². The molecule has 0 aliphatic heterocycles. The second kappa shape index (κ2) is 7.85. The van der Waals surface area contributed by atoms with Gasteiger partial charge in [-0.15, -0.1) is 0 Å². The van der Waals surface area contributed by atoms with E-state index < -0.39 is 17.2 Å². The fraction of sp³-hybridized carbons (Fsp3) is 0.0870. The minimum Gasteiger partial charge on any atom is -0.366 e. The Morgan fingerprint density at radius 1 is 1.06 bits per heavy atom. The van der Waals surface area contributed by atoms with Crippen LogP contribution >= 0.6 is 0 Å². The van der Waals surface area contributed by atoms with Crippen molar-refractivity contribution in [1.29, 1.82) is 5.26 Å². The lowest BCUT2D eigenvalue weighted by molar-refractivity contribution is 0.1000. The Morgan fingerprint density at radius 3 is 2.44 bits per heavy atom. The largest absolute Gasteiger partial charge is 0.366 e. The molecule has 2 heterocycles. The number of hydrogen-bond donors (Lipinski definition) is 1. The number of nitrogens with two attached hydrogens (primary N) is 1. The maximum atomic E-state index is 13.1. The number of primary amides is 1. The topological polar surface area (TPSA) is 129 Å². The van der Waals surface area contributed by atoms with Gasteiger partial charge in [0.05, 0.1) is 40.5 Å². The lowest BCUT2D eigenvalue weighted by atomic mass is 10.1. The van der Waals surface area contributed by atoms with Crippen LogP contribution in [0.1, 0.15) is 21.6 Å². The van der Waals surface area contributed by atoms with E-state index >= 15 is 0 Å². The summed E-state index contributed by atoms with van der Waals surface area (Å²) in [5, 5.41) is 13.4. The van der Waals surface area contributed by atoms with Crippen LogP contribution in [0.15, 0.2) is 70.4 Å². The molecule has 158 valence electrons. The van der Waals surface area contributed by atoms with Crippen LogP contribution in [0, 0.1) is 18.3 Å². The molecule has 0 saturated heterocycles. The average Bonchev–Trinajstić information content (AvgIpc) is 3.27. The highest BCUT2D eigenvalue weighted by Crippen LogP contribution is 2.24. The molecule has 0 atom stereocenters. The van der Waals surface area contributed by atoms with E-state index in [1.807, 2.05) is 0 Å². The Hall–Kier alpha value is -4.71. The number of nitriles is 1. The Morgan fingerprint density at radius 2 is 1.78 bits per heavy atom. The lowest BCUT2D eigenvalue weighted by Crippen LogP contribution is -2.40. The molecule has 0 bridgehead atoms. The first-order valence-electron chi connectivity index (χ1n) is 9.61. The predicted molar refractivity (Wildman–Crippen MR) is 118 cm³/mol. The molecule has 9 heteroatoms. The van der Waals surface area contributed by atoms with Crippen molar-refractivity contribution in [2.75, 3.05) is 0 Å². The van der Waals surface area contributed by atoms with E-state index in [-0.39, 0.29) is 11.1 Å². The van der Waals surface area contributed by atoms with E-state index in [1.54, 1.807) is 66.3 Å². The van der Waals surface area contributed by atoms with Crippen molar-refractivity contribution in [3.8, 4) is 28.7 Å². The van der Waals surface area contributed by atoms with Gasteiger partial charge in [-0.1, -0.05) is 6.07 Å². The third-order valence-electron chi connectivity index (χ3n) is 5.22. The monoisotopic (exact) mass is 426 g/mol. The first-order chi connectivity index (χ1) is 15.3. The summed E-state index contributed by atoms with van der Waals surface area (Å²) in [6.07, 6.45) is 1.55. The molecule has 9 nitrogen and oxygen atoms in total. The van der Waals surface area contributed by atoms with Gasteiger partial charge < -0.3 is 5.73 Å². The zero-order valence-corrected chi connectivity index (χ0v) is 17.3. The van der Waals surface area contributed by atoms with Gasteiger partial charge in [-0.05, 0) is 55.5 Å². The summed E-state index contributed by atoms with van der Waals surface area (Å²) in [5.74, 6) is -0.624. The van der Waals surface area contributed by atoms with E-state index in [4.69, 9.17) is 11.0 Å². The standard InChI is InChI=1S/C23H18N6O3/c1-14-20(19-10-11-26-29(19)17-8-6-15(13-24)7-9-17)22(31)27(2)23(32)28(14)18-5-3-4-16(12-18)21(25)30/h3-12H,1-2H3,(H2,25,30). The van der Waals surface area contributed by atoms with E-state index in [1.165, 1.54) is 17.7 Å². The van der Waals surface area contributed by atoms with Crippen molar-refractivity contribution >= 4 is 5.91 Å². The number of benzene rings is 2. The molecule has 1 amide bonds. The van der Waals surface area contributed by atoms with Gasteiger partial charge in [-0.2, -0.15) is 10.4 Å². The van der Waals surface area contributed by atoms with Crippen LogP contribution in [0.3, 0.4) is 0 Å². The number of nitrogens with zero attached hydrogens (tertiary/aromatic N) is 5. The number of carbonyl (C=O) groups excluding carboxylic acids is 1. The third-order valence-corrected chi connectivity index (χ3v) is 5.22. The predicted octanol–water partition coefficient (Wildman–Crippen LogP) is 1.67. The normalized spacial score (nSPS) is 10.7. The van der Waals surface area contributed by atoms with Crippen molar-refractivity contribution in [3.63, 3.8) is 0 Å². The maximum Gasteiger partial charge on any atom is 0.335 e. The SMILES string of the molecule is Cc1c(-c2ccnn2-c2ccc(C#N)cc2)c(=O)n(C)c(=O)n1-c1cccc(C(N)=O)c1. The summed E-state index contributed by atoms with van der Waals surface area (Å²) in [6.45, 7) is 1.66. The number of rotatable bonds is 4. The number of hydrogen-bond acceptors (Lipinski definition) is 5. The van der Waals surface area contributed by atoms with Crippen LogP contribution in [-0.4, -0.2) is 24.8 Å². The van der Waals surface area contributed by atoms with E-state index in [0.29, 0.717) is 28.3 Å². The molecule has 0 aliphatic rings. The van der Waals surface area contributed by atoms with Gasteiger partial charge >= 0.3 is 5.69 Å². The fourth-order valence-electron chi connectivity index (χ4n) is 3.59. The van der Waals surface area contributed by atoms with Crippen LogP contribution in [-0.2, 0) is 7.05 Å². The highest BCUT2D eigenvalue weighted by Gasteiger charge is 2.21. The zero-order valence-electron chi connectivity index (χ0n) is 17.3. The summed E-state index contributed by atoms with van der Waals surface area (Å²) < 4.78 is 3.94. The highest BCUT2D eigenvalue weighted by atomic mass is 16.2. The molecule has 2 N–H and O–H groups in total. The summed E-state index contributed by atoms with van der Waals surface area (Å²) in [6, 6.07) is 16.8. The Kier molecular flexibility index (Phi) is 5.04. The second-order valence-corrected chi connectivity index (χ2v) is 7.14. The molecule has 0 unspecified atom stereocenters. The van der Waals surface area contributed by atoms with Crippen molar-refractivity contribution in [1.82, 2.24) is 18.9 Å². The van der Waals surface area contributed by atoms with Crippen LogP contribution in [0.2, 0.25) is 0 Å². The minimum atomic E-state index is -0.624. The van der Waals surface area contributed by atoms with Gasteiger partial charge in [0.2, 0.25) is 5.91 Å². The molecule has 32 heavy (non-hydrogen) atoms. The van der Waals surface area contributed by atoms with Crippen molar-refractivity contribution < 1.29 is 4.79 Å². The summed E-state index contributed by atoms with van der Waals surface area (Å²) in [7, 11) is 1.39. The van der Waals surface area contributed by atoms with Gasteiger partial charge in [0.15, 0.2) is 0 Å². The summed E-state index contributed by atoms with van der Waals surface area (Å²) in [4.78, 5) is 37.8. The van der Waals surface area contributed by atoms with E-state index in [0.717, 1.165) is 4.57 Å². The van der Waals surface area contributed by atoms with Crippen LogP contribution in [0.5, 0.6) is 0 Å². The molecule has 0 radical (unpaired) electrons. The van der Waals surface area contributed by atoms with Gasteiger partial charge in [0.1, 0.15) is 0 Å². The number of amides is 1. The first-order valence-corrected chi connectivity index (χ1v) is 9.61. The van der Waals surface area contributed by atoms with Gasteiger partial charge in [0.25, 0.3) is 5.56 Å². The van der Waals surface area contributed by atoms with Crippen molar-refractivity contribution in [2.24, 2.45) is 12.8 Å². The molecule has 4 rings (SSSR count). The molecule has 0 aliphatic carbocycles. The minimum absolute atomic E-state index is 0.242. The summed E-state index contributed by atoms with van der Waals surface area (Å²) >= 11 is 0. The van der Waals surface area contributed by atoms with Crippen molar-refractivity contribution in [3.05, 3.63) is 98.5 Å². The molecule has 0 saturated carbocycles. The molecule has 2 aromatic heterocycles. The molecular formula is C23H18N6O3. The third kappa shape index (κ3) is 3.30. The highest BCUT2D eigenvalue weighted by molar-refractivity contribution is 5.93. The van der Waals surface area contributed by atoms with Crippen LogP contribution in [0.25, 0.3) is 22.6 Å². The van der Waals surface area contributed by atoms with Crippen LogP contribution in [0.4, 0.5) is 0 Å². The number of carbonyl (C=O) groups is 1. The lowest BCUT2D eigenvalue weighted by Gasteiger charge is -2.17. The van der Waals surface area contributed by atoms with Crippen LogP contribution < -0.4 is 17.0 Å². The second-order valence-electron chi connectivity index (χ2n) is 7.14. The maximum absolute atomic E-state index is 13.1. The molecular weight excluding hydrogens is 408 g/mol. The first kappa shape index (κ1) is 20.6. The quantitative estimate of drug-likeness (QED) is 0.531. The Balaban J connectivity index is 1.99. The summed E-state index contributed by atoms with van der Waals surface area (Å²) in [5.41, 5.74) is 7.29. The zero-order chi connectivity index (χ0) is 23.0. The fourth-order valence-corrected chi connectivity index (χ4v) is 3.59. The van der Waals surface area contributed by atoms with Gasteiger partial charge in [-0.25, -0.2) is 9.48 Å². The van der Waals surface area contributed by atoms with Crippen molar-refractivity contribution in [2.45, 2.75) is 6.92 Å². The van der Waals surface area contributed by atoms with Gasteiger partial charge in [0, 0.05) is 18.3 Å². The smallest absolute Gasteiger partial charge is 0.335 e. The molecule has 4 aromatic rings. The van der Waals surface area contributed by atoms with Gasteiger partial charge in [-0.3, -0.25) is 18.7 Å². The molecule has 0 spiro atoms. The molecule has 2 aromatic carbocycles. The Bertz CT molecular complexity index is 1520. The number of aromatic nitrogens is 4. The van der Waals surface area contributed by atoms with E-state index in [9.17, 15) is 14.4 Å². The Labute approximate surface area is 182 Å². The average molecular weight is 426 g/mol.